The topological polar surface area (TPSA) is 135 Å². The molecular weight excluding hydrogens is 604 g/mol. The van der Waals surface area contributed by atoms with Crippen molar-refractivity contribution in [3.8, 4) is 11.5 Å². The molecule has 0 aliphatic carbocycles. The maximum absolute atomic E-state index is 12.8. The fourth-order valence-corrected chi connectivity index (χ4v) is 5.73. The van der Waals surface area contributed by atoms with E-state index < -0.39 is 41.3 Å². The summed E-state index contributed by atoms with van der Waals surface area (Å²) in [6, 6.07) is 24.8. The number of aryl methyl sites for hydroxylation is 1. The standard InChI is InChI=1S/C36H38N2O9/c1-23-21-38(35(42)37-34(23)41)32-20-30(47-33(40)19-10-24(2)39)31(46-32)22-45-36(25-8-6-5-7-9-25,26-11-15-28(43-3)16-12-26)27-13-17-29(44-4)18-14-27/h5-9,11-18,21,30-32H,10,19-20,22H2,1-4H3,(H,37,41,42)/t30-,31+,32+/m0/s1. The number of aromatic nitrogens is 2. The Hall–Kier alpha value is -5.00. The van der Waals surface area contributed by atoms with Gasteiger partial charge in [-0.1, -0.05) is 54.6 Å². The number of Topliss-reactive ketones (excluding diaryl/α,β-unsaturated/α-hetero) is 1. The van der Waals surface area contributed by atoms with Gasteiger partial charge in [0.25, 0.3) is 5.56 Å². The predicted octanol–water partition coefficient (Wildman–Crippen LogP) is 4.44. The third kappa shape index (κ3) is 7.37. The molecule has 246 valence electrons. The van der Waals surface area contributed by atoms with E-state index in [1.54, 1.807) is 21.1 Å². The number of methoxy groups -OCH3 is 2. The second kappa shape index (κ2) is 14.6. The largest absolute Gasteiger partial charge is 0.497 e. The summed E-state index contributed by atoms with van der Waals surface area (Å²) < 4.78 is 31.4. The number of H-pyrrole nitrogens is 1. The van der Waals surface area contributed by atoms with Gasteiger partial charge in [0.05, 0.1) is 27.2 Å². The Balaban J connectivity index is 1.56. The van der Waals surface area contributed by atoms with Gasteiger partial charge in [0.1, 0.15) is 41.3 Å². The van der Waals surface area contributed by atoms with Gasteiger partial charge >= 0.3 is 11.7 Å². The van der Waals surface area contributed by atoms with Crippen LogP contribution in [-0.4, -0.2) is 54.3 Å². The van der Waals surface area contributed by atoms with Crippen molar-refractivity contribution in [3.05, 3.63) is 128 Å². The highest BCUT2D eigenvalue weighted by Gasteiger charge is 2.44. The minimum atomic E-state index is -1.17. The molecule has 0 amide bonds. The summed E-state index contributed by atoms with van der Waals surface area (Å²) >= 11 is 0. The molecule has 0 bridgehead atoms. The first-order chi connectivity index (χ1) is 22.6. The zero-order valence-electron chi connectivity index (χ0n) is 26.8. The van der Waals surface area contributed by atoms with Crippen LogP contribution in [0, 0.1) is 6.92 Å². The minimum Gasteiger partial charge on any atom is -0.497 e. The third-order valence-electron chi connectivity index (χ3n) is 8.24. The van der Waals surface area contributed by atoms with Crippen LogP contribution in [0.25, 0.3) is 0 Å². The van der Waals surface area contributed by atoms with E-state index in [0.717, 1.165) is 16.7 Å². The molecule has 0 saturated carbocycles. The number of ketones is 1. The van der Waals surface area contributed by atoms with Gasteiger partial charge in [-0.05, 0) is 54.8 Å². The van der Waals surface area contributed by atoms with Gasteiger partial charge in [-0.25, -0.2) is 4.79 Å². The SMILES string of the molecule is COc1ccc(C(OC[C@H]2O[C@@H](n3cc(C)c(=O)[nH]c3=O)C[C@@H]2OC(=O)CCC(C)=O)(c2ccccc2)c2ccc(OC)cc2)cc1. The maximum atomic E-state index is 12.8. The number of carbonyl (C=O) groups is 2. The van der Waals surface area contributed by atoms with Gasteiger partial charge in [-0.3, -0.25) is 19.1 Å². The van der Waals surface area contributed by atoms with Gasteiger partial charge in [0.2, 0.25) is 0 Å². The van der Waals surface area contributed by atoms with E-state index in [2.05, 4.69) is 4.98 Å². The Morgan fingerprint density at radius 3 is 2.00 bits per heavy atom. The lowest BCUT2D eigenvalue weighted by Gasteiger charge is -2.37. The Morgan fingerprint density at radius 2 is 1.45 bits per heavy atom. The molecule has 5 rings (SSSR count). The molecule has 0 radical (unpaired) electrons. The van der Waals surface area contributed by atoms with Crippen LogP contribution in [0.1, 0.15) is 54.7 Å². The molecule has 47 heavy (non-hydrogen) atoms. The summed E-state index contributed by atoms with van der Waals surface area (Å²) in [5.41, 5.74) is 0.429. The highest BCUT2D eigenvalue weighted by atomic mass is 16.6. The highest BCUT2D eigenvalue weighted by Crippen LogP contribution is 2.43. The molecule has 11 nitrogen and oxygen atoms in total. The molecule has 0 unspecified atom stereocenters. The lowest BCUT2D eigenvalue weighted by Crippen LogP contribution is -2.39. The molecule has 11 heteroatoms. The summed E-state index contributed by atoms with van der Waals surface area (Å²) in [5.74, 6) is 0.645. The molecule has 3 aromatic carbocycles. The Labute approximate surface area is 272 Å². The first-order valence-corrected chi connectivity index (χ1v) is 15.3. The first-order valence-electron chi connectivity index (χ1n) is 15.3. The summed E-state index contributed by atoms with van der Waals surface area (Å²) in [4.78, 5) is 51.5. The van der Waals surface area contributed by atoms with Gasteiger partial charge in [0.15, 0.2) is 0 Å². The van der Waals surface area contributed by atoms with Gasteiger partial charge < -0.3 is 28.5 Å². The number of aromatic amines is 1. The fourth-order valence-electron chi connectivity index (χ4n) is 5.73. The molecule has 2 heterocycles. The van der Waals surface area contributed by atoms with Crippen LogP contribution in [0.15, 0.2) is 94.6 Å². The maximum Gasteiger partial charge on any atom is 0.330 e. The van der Waals surface area contributed by atoms with E-state index >= 15 is 0 Å². The van der Waals surface area contributed by atoms with Crippen molar-refractivity contribution in [2.75, 3.05) is 20.8 Å². The van der Waals surface area contributed by atoms with Crippen molar-refractivity contribution in [3.63, 3.8) is 0 Å². The quantitative estimate of drug-likeness (QED) is 0.166. The molecule has 1 saturated heterocycles. The Bertz CT molecular complexity index is 1750. The van der Waals surface area contributed by atoms with Crippen molar-refractivity contribution in [1.82, 2.24) is 9.55 Å². The number of hydrogen-bond donors (Lipinski definition) is 1. The second-order valence-corrected chi connectivity index (χ2v) is 11.4. The Kier molecular flexibility index (Phi) is 10.4. The third-order valence-corrected chi connectivity index (χ3v) is 8.24. The number of hydrogen-bond acceptors (Lipinski definition) is 9. The number of nitrogens with one attached hydrogen (secondary N) is 1. The summed E-state index contributed by atoms with van der Waals surface area (Å²) in [5, 5.41) is 0. The smallest absolute Gasteiger partial charge is 0.330 e. The van der Waals surface area contributed by atoms with Crippen LogP contribution in [-0.2, 0) is 29.4 Å². The van der Waals surface area contributed by atoms with Gasteiger partial charge in [-0.15, -0.1) is 0 Å². The second-order valence-electron chi connectivity index (χ2n) is 11.4. The van der Waals surface area contributed by atoms with Crippen LogP contribution in [0.2, 0.25) is 0 Å². The summed E-state index contributed by atoms with van der Waals surface area (Å²) in [6.45, 7) is 2.93. The summed E-state index contributed by atoms with van der Waals surface area (Å²) in [7, 11) is 3.20. The molecule has 1 fully saturated rings. The molecule has 1 aliphatic heterocycles. The molecule has 3 atom stereocenters. The monoisotopic (exact) mass is 642 g/mol. The average Bonchev–Trinajstić information content (AvgIpc) is 3.48. The number of ether oxygens (including phenoxy) is 5. The lowest BCUT2D eigenvalue weighted by molar-refractivity contribution is -0.156. The van der Waals surface area contributed by atoms with E-state index in [0.29, 0.717) is 17.1 Å². The fraction of sp³-hybridized carbons (Fsp3) is 0.333. The number of nitrogens with zero attached hydrogens (tertiary/aromatic N) is 1. The van der Waals surface area contributed by atoms with Crippen LogP contribution in [0.3, 0.4) is 0 Å². The number of rotatable bonds is 13. The number of benzene rings is 3. The van der Waals surface area contributed by atoms with Crippen LogP contribution in [0.4, 0.5) is 0 Å². The van der Waals surface area contributed by atoms with Crippen molar-refractivity contribution in [1.29, 1.82) is 0 Å². The van der Waals surface area contributed by atoms with Crippen molar-refractivity contribution in [2.24, 2.45) is 0 Å². The zero-order valence-corrected chi connectivity index (χ0v) is 26.8. The molecule has 1 N–H and O–H groups in total. The predicted molar refractivity (Wildman–Crippen MR) is 173 cm³/mol. The number of carbonyl (C=O) groups excluding carboxylic acids is 2. The first kappa shape index (κ1) is 33.4. The normalized spacial score (nSPS) is 17.7. The van der Waals surface area contributed by atoms with Crippen LogP contribution in [0.5, 0.6) is 11.5 Å². The van der Waals surface area contributed by atoms with Crippen molar-refractivity contribution < 1.29 is 33.3 Å². The molecule has 1 aromatic heterocycles. The molecular formula is C36H38N2O9. The molecule has 1 aliphatic rings. The van der Waals surface area contributed by atoms with Gasteiger partial charge in [-0.2, -0.15) is 0 Å². The van der Waals surface area contributed by atoms with E-state index in [1.165, 1.54) is 17.7 Å². The van der Waals surface area contributed by atoms with E-state index in [9.17, 15) is 19.2 Å². The van der Waals surface area contributed by atoms with Gasteiger partial charge in [0, 0.05) is 24.6 Å². The van der Waals surface area contributed by atoms with E-state index in [4.69, 9.17) is 23.7 Å². The van der Waals surface area contributed by atoms with Crippen LogP contribution < -0.4 is 20.7 Å². The number of esters is 1. The van der Waals surface area contributed by atoms with Crippen LogP contribution >= 0.6 is 0 Å². The van der Waals surface area contributed by atoms with Crippen molar-refractivity contribution >= 4 is 11.8 Å². The summed E-state index contributed by atoms with van der Waals surface area (Å²) in [6.07, 6.45) is -1.000. The minimum absolute atomic E-state index is 0.0433. The lowest BCUT2D eigenvalue weighted by atomic mass is 9.80. The molecule has 4 aromatic rings. The van der Waals surface area contributed by atoms with E-state index in [1.807, 2.05) is 78.9 Å². The highest BCUT2D eigenvalue weighted by molar-refractivity contribution is 5.81. The van der Waals surface area contributed by atoms with Crippen molar-refractivity contribution in [2.45, 2.75) is 57.1 Å². The van der Waals surface area contributed by atoms with E-state index in [-0.39, 0.29) is 31.7 Å². The Morgan fingerprint density at radius 1 is 0.872 bits per heavy atom. The zero-order chi connectivity index (χ0) is 33.6. The average molecular weight is 643 g/mol. The molecule has 0 spiro atoms.